The minimum atomic E-state index is -0.641. The number of nitrogens with two attached hydrogens (primary N) is 1. The lowest BCUT2D eigenvalue weighted by atomic mass is 9.93. The number of nitrogens with zero attached hydrogens (tertiary/aromatic N) is 2. The van der Waals surface area contributed by atoms with Crippen molar-refractivity contribution in [3.8, 4) is 0 Å². The van der Waals surface area contributed by atoms with Crippen molar-refractivity contribution in [3.63, 3.8) is 0 Å². The molecule has 0 heterocycles. The van der Waals surface area contributed by atoms with Gasteiger partial charge >= 0.3 is 0 Å². The van der Waals surface area contributed by atoms with E-state index in [0.29, 0.717) is 39.5 Å². The van der Waals surface area contributed by atoms with Gasteiger partial charge in [-0.05, 0) is 19.8 Å². The van der Waals surface area contributed by atoms with Crippen molar-refractivity contribution in [2.75, 3.05) is 39.5 Å². The monoisotopic (exact) mass is 303 g/mol. The first kappa shape index (κ1) is 19.7. The van der Waals surface area contributed by atoms with Crippen LogP contribution in [0.15, 0.2) is 5.16 Å². The van der Waals surface area contributed by atoms with Gasteiger partial charge in [0.15, 0.2) is 5.84 Å². The number of rotatable bonds is 11. The lowest BCUT2D eigenvalue weighted by molar-refractivity contribution is -0.136. The highest BCUT2D eigenvalue weighted by atomic mass is 16.5. The quantitative estimate of drug-likeness (QED) is 0.194. The minimum Gasteiger partial charge on any atom is -0.409 e. The number of oxime groups is 1. The van der Waals surface area contributed by atoms with Crippen molar-refractivity contribution in [1.82, 2.24) is 4.90 Å². The second-order valence-electron chi connectivity index (χ2n) is 4.97. The summed E-state index contributed by atoms with van der Waals surface area (Å²) < 4.78 is 10.6. The molecule has 0 rings (SSSR count). The summed E-state index contributed by atoms with van der Waals surface area (Å²) in [7, 11) is 0. The van der Waals surface area contributed by atoms with Crippen LogP contribution in [0.4, 0.5) is 0 Å². The van der Waals surface area contributed by atoms with Crippen molar-refractivity contribution in [2.45, 2.75) is 27.7 Å². The molecular formula is C14H29N3O4. The molecule has 1 amide bonds. The Kier molecular flexibility index (Phi) is 10.6. The Bertz CT molecular complexity index is 311. The molecule has 0 fully saturated rings. The van der Waals surface area contributed by atoms with Crippen molar-refractivity contribution in [2.24, 2.45) is 22.7 Å². The van der Waals surface area contributed by atoms with E-state index in [1.54, 1.807) is 4.90 Å². The molecule has 1 atom stereocenters. The van der Waals surface area contributed by atoms with Gasteiger partial charge in [0.2, 0.25) is 5.91 Å². The van der Waals surface area contributed by atoms with Crippen LogP contribution in [0.25, 0.3) is 0 Å². The van der Waals surface area contributed by atoms with Gasteiger partial charge in [-0.1, -0.05) is 19.0 Å². The van der Waals surface area contributed by atoms with Gasteiger partial charge < -0.3 is 25.3 Å². The maximum Gasteiger partial charge on any atom is 0.233 e. The normalized spacial score (nSPS) is 13.5. The molecule has 0 spiro atoms. The standard InChI is InChI=1S/C14H29N3O4/c1-5-20-9-7-17(8-10-21-6-2)14(18)12(11(3)4)13(15)16-19/h11-12,19H,5-10H2,1-4H3,(H2,15,16). The molecule has 0 radical (unpaired) electrons. The maximum atomic E-state index is 12.6. The predicted molar refractivity (Wildman–Crippen MR) is 81.3 cm³/mol. The van der Waals surface area contributed by atoms with Gasteiger partial charge in [0.1, 0.15) is 5.92 Å². The highest BCUT2D eigenvalue weighted by Gasteiger charge is 2.30. The van der Waals surface area contributed by atoms with E-state index in [1.807, 2.05) is 27.7 Å². The van der Waals surface area contributed by atoms with Gasteiger partial charge in [0.05, 0.1) is 13.2 Å². The van der Waals surface area contributed by atoms with Crippen LogP contribution in [0, 0.1) is 11.8 Å². The third-order valence-electron chi connectivity index (χ3n) is 3.10. The first-order valence-electron chi connectivity index (χ1n) is 7.41. The van der Waals surface area contributed by atoms with Crippen LogP contribution >= 0.6 is 0 Å². The summed E-state index contributed by atoms with van der Waals surface area (Å²) in [6.45, 7) is 10.6. The summed E-state index contributed by atoms with van der Waals surface area (Å²) in [6.07, 6.45) is 0. The minimum absolute atomic E-state index is 0.0601. The smallest absolute Gasteiger partial charge is 0.233 e. The third-order valence-corrected chi connectivity index (χ3v) is 3.10. The molecule has 21 heavy (non-hydrogen) atoms. The number of amidine groups is 1. The van der Waals surface area contributed by atoms with E-state index < -0.39 is 5.92 Å². The zero-order valence-electron chi connectivity index (χ0n) is 13.5. The Morgan fingerprint density at radius 1 is 1.19 bits per heavy atom. The largest absolute Gasteiger partial charge is 0.409 e. The Balaban J connectivity index is 4.85. The average Bonchev–Trinajstić information content (AvgIpc) is 2.45. The first-order valence-corrected chi connectivity index (χ1v) is 7.41. The number of hydrogen-bond donors (Lipinski definition) is 2. The van der Waals surface area contributed by atoms with E-state index in [2.05, 4.69) is 5.16 Å². The molecule has 7 heteroatoms. The first-order chi connectivity index (χ1) is 9.99. The van der Waals surface area contributed by atoms with Crippen LogP contribution in [0.5, 0.6) is 0 Å². The van der Waals surface area contributed by atoms with Crippen LogP contribution in [-0.2, 0) is 14.3 Å². The van der Waals surface area contributed by atoms with Crippen LogP contribution in [0.3, 0.4) is 0 Å². The highest BCUT2D eigenvalue weighted by Crippen LogP contribution is 2.15. The van der Waals surface area contributed by atoms with Crippen molar-refractivity contribution >= 4 is 11.7 Å². The molecule has 1 unspecified atom stereocenters. The molecule has 0 saturated heterocycles. The van der Waals surface area contributed by atoms with Gasteiger partial charge in [-0.25, -0.2) is 0 Å². The van der Waals surface area contributed by atoms with Gasteiger partial charge in [0, 0.05) is 26.3 Å². The fourth-order valence-electron chi connectivity index (χ4n) is 1.98. The summed E-state index contributed by atoms with van der Waals surface area (Å²) >= 11 is 0. The average molecular weight is 303 g/mol. The summed E-state index contributed by atoms with van der Waals surface area (Å²) in [5, 5.41) is 11.8. The zero-order valence-corrected chi connectivity index (χ0v) is 13.5. The number of amides is 1. The highest BCUT2D eigenvalue weighted by molar-refractivity contribution is 6.02. The second kappa shape index (κ2) is 11.3. The summed E-state index contributed by atoms with van der Waals surface area (Å²) in [6, 6.07) is 0. The van der Waals surface area contributed by atoms with Gasteiger partial charge in [-0.2, -0.15) is 0 Å². The Morgan fingerprint density at radius 2 is 1.67 bits per heavy atom. The lowest BCUT2D eigenvalue weighted by Gasteiger charge is -2.28. The molecule has 3 N–H and O–H groups in total. The zero-order chi connectivity index (χ0) is 16.3. The Labute approximate surface area is 127 Å². The maximum absolute atomic E-state index is 12.6. The van der Waals surface area contributed by atoms with Gasteiger partial charge in [0.25, 0.3) is 0 Å². The van der Waals surface area contributed by atoms with Crippen molar-refractivity contribution in [1.29, 1.82) is 0 Å². The fourth-order valence-corrected chi connectivity index (χ4v) is 1.98. The topological polar surface area (TPSA) is 97.4 Å². The predicted octanol–water partition coefficient (Wildman–Crippen LogP) is 0.907. The SMILES string of the molecule is CCOCCN(CCOCC)C(=O)C(C(N)=NO)C(C)C. The van der Waals surface area contributed by atoms with Crippen molar-refractivity contribution in [3.05, 3.63) is 0 Å². The molecule has 0 aromatic carbocycles. The molecular weight excluding hydrogens is 274 g/mol. The lowest BCUT2D eigenvalue weighted by Crippen LogP contribution is -2.46. The molecule has 0 aliphatic carbocycles. The van der Waals surface area contributed by atoms with E-state index in [0.717, 1.165) is 0 Å². The summed E-state index contributed by atoms with van der Waals surface area (Å²) in [4.78, 5) is 14.3. The summed E-state index contributed by atoms with van der Waals surface area (Å²) in [5.74, 6) is -0.930. The third kappa shape index (κ3) is 7.29. The van der Waals surface area contributed by atoms with Crippen LogP contribution in [0.1, 0.15) is 27.7 Å². The Hall–Kier alpha value is -1.34. The number of carbonyl (C=O) groups is 1. The van der Waals surface area contributed by atoms with Gasteiger partial charge in [-0.15, -0.1) is 0 Å². The molecule has 7 nitrogen and oxygen atoms in total. The van der Waals surface area contributed by atoms with Crippen molar-refractivity contribution < 1.29 is 19.5 Å². The van der Waals surface area contributed by atoms with E-state index >= 15 is 0 Å². The van der Waals surface area contributed by atoms with E-state index in [1.165, 1.54) is 0 Å². The summed E-state index contributed by atoms with van der Waals surface area (Å²) in [5.41, 5.74) is 5.66. The van der Waals surface area contributed by atoms with Crippen LogP contribution in [0.2, 0.25) is 0 Å². The molecule has 0 aliphatic rings. The molecule has 0 aromatic heterocycles. The number of carbonyl (C=O) groups excluding carboxylic acids is 1. The molecule has 0 bridgehead atoms. The van der Waals surface area contributed by atoms with Gasteiger partial charge in [-0.3, -0.25) is 4.79 Å². The van der Waals surface area contributed by atoms with E-state index in [9.17, 15) is 4.79 Å². The van der Waals surface area contributed by atoms with Crippen LogP contribution in [-0.4, -0.2) is 61.4 Å². The molecule has 0 aliphatic heterocycles. The fraction of sp³-hybridized carbons (Fsp3) is 0.857. The number of ether oxygens (including phenoxy) is 2. The van der Waals surface area contributed by atoms with E-state index in [4.69, 9.17) is 20.4 Å². The van der Waals surface area contributed by atoms with E-state index in [-0.39, 0.29) is 17.7 Å². The molecule has 0 saturated carbocycles. The second-order valence-corrected chi connectivity index (χ2v) is 4.97. The molecule has 0 aromatic rings. The number of hydrogen-bond acceptors (Lipinski definition) is 5. The Morgan fingerprint density at radius 3 is 2.00 bits per heavy atom. The van der Waals surface area contributed by atoms with Crippen LogP contribution < -0.4 is 5.73 Å². The molecule has 124 valence electrons.